The van der Waals surface area contributed by atoms with Crippen LogP contribution in [0.2, 0.25) is 0 Å². The number of hydrogen-bond acceptors (Lipinski definition) is 5. The fourth-order valence-corrected chi connectivity index (χ4v) is 3.97. The zero-order chi connectivity index (χ0) is 26.9. The molecule has 4 aromatic rings. The number of rotatable bonds is 9. The molecular formula is C24H17F5N2O6. The Morgan fingerprint density at radius 1 is 1.00 bits per heavy atom. The molecule has 1 amide bonds. The second-order valence-electron chi connectivity index (χ2n) is 7.78. The third-order valence-electron chi connectivity index (χ3n) is 5.34. The van der Waals surface area contributed by atoms with E-state index in [1.807, 2.05) is 0 Å². The van der Waals surface area contributed by atoms with Gasteiger partial charge in [0.2, 0.25) is 5.91 Å². The van der Waals surface area contributed by atoms with Gasteiger partial charge in [-0.1, -0.05) is 18.2 Å². The maximum Gasteiger partial charge on any atom is 0.416 e. The molecule has 0 unspecified atom stereocenters. The molecular weight excluding hydrogens is 507 g/mol. The number of nitrogens with two attached hydrogens (primary N) is 1. The van der Waals surface area contributed by atoms with E-state index in [1.165, 1.54) is 41.0 Å². The number of carbonyl (C=O) groups excluding carboxylic acids is 1. The minimum Gasteiger partial charge on any atom is -0.479 e. The van der Waals surface area contributed by atoms with Gasteiger partial charge in [0.15, 0.2) is 12.4 Å². The Morgan fingerprint density at radius 3 is 2.38 bits per heavy atom. The van der Waals surface area contributed by atoms with Crippen molar-refractivity contribution in [3.8, 4) is 11.5 Å². The number of nitrogens with zero attached hydrogens (tertiary/aromatic N) is 1. The molecule has 8 nitrogen and oxygen atoms in total. The second kappa shape index (κ2) is 9.93. The van der Waals surface area contributed by atoms with Gasteiger partial charge in [-0.3, -0.25) is 4.79 Å². The number of alkyl halides is 5. The number of hydrogen-bond donors (Lipinski definition) is 2. The highest BCUT2D eigenvalue weighted by Crippen LogP contribution is 2.42. The summed E-state index contributed by atoms with van der Waals surface area (Å²) in [5.41, 5.74) is 4.94. The van der Waals surface area contributed by atoms with Crippen molar-refractivity contribution >= 4 is 33.7 Å². The maximum absolute atomic E-state index is 13.8. The Labute approximate surface area is 204 Å². The van der Waals surface area contributed by atoms with Crippen LogP contribution in [-0.4, -0.2) is 34.8 Å². The normalized spacial score (nSPS) is 11.8. The Kier molecular flexibility index (Phi) is 6.90. The van der Waals surface area contributed by atoms with Gasteiger partial charge in [0.25, 0.3) is 0 Å². The summed E-state index contributed by atoms with van der Waals surface area (Å²) >= 11 is 0. The third kappa shape index (κ3) is 5.40. The van der Waals surface area contributed by atoms with E-state index in [0.29, 0.717) is 11.6 Å². The van der Waals surface area contributed by atoms with Crippen molar-refractivity contribution in [2.24, 2.45) is 5.73 Å². The molecule has 0 spiro atoms. The van der Waals surface area contributed by atoms with Crippen molar-refractivity contribution in [3.05, 3.63) is 71.3 Å². The van der Waals surface area contributed by atoms with Crippen LogP contribution < -0.4 is 15.4 Å². The van der Waals surface area contributed by atoms with Crippen molar-refractivity contribution in [3.63, 3.8) is 0 Å². The molecule has 3 N–H and O–H groups in total. The van der Waals surface area contributed by atoms with Crippen LogP contribution >= 0.6 is 0 Å². The predicted molar refractivity (Wildman–Crippen MR) is 119 cm³/mol. The van der Waals surface area contributed by atoms with Crippen LogP contribution in [0.25, 0.3) is 21.8 Å². The quantitative estimate of drug-likeness (QED) is 0.182. The lowest BCUT2D eigenvalue weighted by molar-refractivity contribution is -0.213. The fourth-order valence-electron chi connectivity index (χ4n) is 3.97. The van der Waals surface area contributed by atoms with Crippen LogP contribution in [-0.2, 0) is 22.4 Å². The summed E-state index contributed by atoms with van der Waals surface area (Å²) in [7, 11) is 0. The van der Waals surface area contributed by atoms with Gasteiger partial charge in [0.05, 0.1) is 22.0 Å². The largest absolute Gasteiger partial charge is 0.479 e. The van der Waals surface area contributed by atoms with E-state index in [9.17, 15) is 31.5 Å². The van der Waals surface area contributed by atoms with Gasteiger partial charge in [0, 0.05) is 17.5 Å². The van der Waals surface area contributed by atoms with E-state index in [4.69, 9.17) is 15.7 Å². The van der Waals surface area contributed by atoms with Crippen LogP contribution in [0.4, 0.5) is 22.0 Å². The van der Waals surface area contributed by atoms with Crippen molar-refractivity contribution in [1.82, 2.24) is 4.57 Å². The minimum atomic E-state index is -4.84. The van der Waals surface area contributed by atoms with E-state index in [2.05, 4.69) is 9.62 Å². The van der Waals surface area contributed by atoms with E-state index >= 15 is 0 Å². The van der Waals surface area contributed by atoms with Crippen molar-refractivity contribution in [1.29, 1.82) is 0 Å². The number of carboxylic acid groups (broad SMARTS) is 1. The Bertz CT molecular complexity index is 1500. The Balaban J connectivity index is 2.00. The lowest BCUT2D eigenvalue weighted by Crippen LogP contribution is -2.12. The van der Waals surface area contributed by atoms with E-state index in [1.54, 1.807) is 6.07 Å². The number of halogens is 5. The summed E-state index contributed by atoms with van der Waals surface area (Å²) in [4.78, 5) is 32.6. The molecule has 13 heteroatoms. The lowest BCUT2D eigenvalue weighted by atomic mass is 10.0. The van der Waals surface area contributed by atoms with Gasteiger partial charge in [-0.25, -0.2) is 4.79 Å². The van der Waals surface area contributed by atoms with Crippen molar-refractivity contribution < 1.29 is 51.2 Å². The monoisotopic (exact) mass is 524 g/mol. The van der Waals surface area contributed by atoms with Gasteiger partial charge < -0.3 is 25.0 Å². The van der Waals surface area contributed by atoms with Gasteiger partial charge in [-0.05, 0) is 42.0 Å². The van der Waals surface area contributed by atoms with Crippen molar-refractivity contribution in [2.75, 3.05) is 6.61 Å². The van der Waals surface area contributed by atoms with Gasteiger partial charge in [-0.15, -0.1) is 0 Å². The molecule has 0 aliphatic heterocycles. The smallest absolute Gasteiger partial charge is 0.416 e. The first kappa shape index (κ1) is 25.7. The summed E-state index contributed by atoms with van der Waals surface area (Å²) in [5, 5.41) is 8.95. The first-order chi connectivity index (χ1) is 17.5. The summed E-state index contributed by atoms with van der Waals surface area (Å²) < 4.78 is 72.5. The molecule has 1 heterocycles. The minimum absolute atomic E-state index is 0.00257. The fraction of sp³-hybridized carbons (Fsp3) is 0.167. The molecule has 0 saturated carbocycles. The molecule has 0 saturated heterocycles. The number of benzene rings is 3. The summed E-state index contributed by atoms with van der Waals surface area (Å²) in [6.07, 6.45) is -4.84. The number of carbonyl (C=O) groups is 2. The van der Waals surface area contributed by atoms with Gasteiger partial charge in [0.1, 0.15) is 5.75 Å². The molecule has 4 rings (SSSR count). The summed E-state index contributed by atoms with van der Waals surface area (Å²) in [5.74, 6) is -2.98. The average molecular weight is 524 g/mol. The van der Waals surface area contributed by atoms with Crippen LogP contribution in [0.1, 0.15) is 21.5 Å². The third-order valence-corrected chi connectivity index (χ3v) is 5.34. The molecule has 0 aliphatic carbocycles. The van der Waals surface area contributed by atoms with Crippen molar-refractivity contribution in [2.45, 2.75) is 19.3 Å². The van der Waals surface area contributed by atoms with Crippen LogP contribution in [0, 0.1) is 0 Å². The molecule has 0 atom stereocenters. The molecule has 1 aromatic heterocycles. The van der Waals surface area contributed by atoms with E-state index in [-0.39, 0.29) is 39.7 Å². The van der Waals surface area contributed by atoms with Crippen LogP contribution in [0.5, 0.6) is 11.5 Å². The Morgan fingerprint density at radius 2 is 1.73 bits per heavy atom. The lowest BCUT2D eigenvalue weighted by Gasteiger charge is -2.13. The number of fused-ring (bicyclic) bond motifs is 3. The average Bonchev–Trinajstić information content (AvgIpc) is 3.11. The summed E-state index contributed by atoms with van der Waals surface area (Å²) in [6.45, 7) is -4.18. The molecule has 3 aromatic carbocycles. The van der Waals surface area contributed by atoms with Gasteiger partial charge >= 0.3 is 18.8 Å². The zero-order valence-electron chi connectivity index (χ0n) is 18.6. The first-order valence-electron chi connectivity index (χ1n) is 10.5. The number of primary amides is 1. The highest BCUT2D eigenvalue weighted by atomic mass is 19.4. The first-order valence-corrected chi connectivity index (χ1v) is 10.5. The zero-order valence-corrected chi connectivity index (χ0v) is 18.6. The molecule has 0 fully saturated rings. The highest BCUT2D eigenvalue weighted by molar-refractivity contribution is 6.19. The Hall–Kier alpha value is -4.39. The number of aliphatic carboxylic acids is 1. The number of ether oxygens (including phenoxy) is 1. The molecule has 0 radical (unpaired) electrons. The molecule has 194 valence electrons. The highest BCUT2D eigenvalue weighted by Gasteiger charge is 2.33. The summed E-state index contributed by atoms with van der Waals surface area (Å²) in [6, 6.07) is 11.4. The van der Waals surface area contributed by atoms with Gasteiger partial charge in [-0.2, -0.15) is 26.8 Å². The number of carboxylic acids is 1. The van der Waals surface area contributed by atoms with E-state index in [0.717, 1.165) is 6.07 Å². The molecule has 0 bridgehead atoms. The topological polar surface area (TPSA) is 113 Å². The van der Waals surface area contributed by atoms with E-state index < -0.39 is 42.6 Å². The predicted octanol–water partition coefficient (Wildman–Crippen LogP) is 4.96. The van der Waals surface area contributed by atoms with Crippen LogP contribution in [0.15, 0.2) is 54.6 Å². The van der Waals surface area contributed by atoms with Crippen LogP contribution in [0.3, 0.4) is 0 Å². The number of amides is 1. The second-order valence-corrected chi connectivity index (χ2v) is 7.78. The maximum atomic E-state index is 13.8. The molecule has 37 heavy (non-hydrogen) atoms. The number of aromatic nitrogens is 1. The SMILES string of the molecule is NC(=O)c1cccc2c1c1c(OOCC(=O)O)cc(C(F)(F)F)cc1n2Cc1cccc(OC(F)F)c1. The standard InChI is InChI=1S/C24H17F5N2O6/c25-23(26)36-14-4-1-3-12(7-14)10-31-16-6-2-5-15(22(30)34)20(16)21-17(31)8-13(24(27,28)29)9-18(21)37-35-11-19(32)33/h1-9,23H,10-11H2,(H2,30,34)(H,32,33). The molecule has 0 aliphatic rings.